The van der Waals surface area contributed by atoms with Crippen LogP contribution in [-0.4, -0.2) is 41.7 Å². The molecule has 0 radical (unpaired) electrons. The second-order valence-corrected chi connectivity index (χ2v) is 12.0. The first-order valence-electron chi connectivity index (χ1n) is 12.9. The van der Waals surface area contributed by atoms with Crippen molar-refractivity contribution in [2.45, 2.75) is 48.4 Å². The van der Waals surface area contributed by atoms with E-state index in [0.29, 0.717) is 18.5 Å². The highest BCUT2D eigenvalue weighted by atomic mass is 127. The van der Waals surface area contributed by atoms with Crippen molar-refractivity contribution < 1.29 is 27.5 Å². The van der Waals surface area contributed by atoms with Crippen molar-refractivity contribution in [3.63, 3.8) is 0 Å². The Morgan fingerprint density at radius 3 is 2.59 bits per heavy atom. The van der Waals surface area contributed by atoms with E-state index in [1.165, 1.54) is 12.3 Å². The van der Waals surface area contributed by atoms with E-state index >= 15 is 4.39 Å². The van der Waals surface area contributed by atoms with Gasteiger partial charge in [-0.15, -0.1) is 0 Å². The van der Waals surface area contributed by atoms with Gasteiger partial charge in [0.15, 0.2) is 0 Å². The molecular weight excluding hydrogens is 622 g/mol. The first kappa shape index (κ1) is 27.7. The molecule has 0 bridgehead atoms. The van der Waals surface area contributed by atoms with Gasteiger partial charge in [0, 0.05) is 77.8 Å². The third kappa shape index (κ3) is 6.00. The maximum atomic E-state index is 15.1. The smallest absolute Gasteiger partial charge is 0.344 e. The third-order valence-corrected chi connectivity index (χ3v) is 8.07. The number of benzene rings is 2. The number of fused-ring (bicyclic) bond motifs is 1. The van der Waals surface area contributed by atoms with Crippen LogP contribution in [0.25, 0.3) is 10.9 Å². The molecule has 1 aliphatic carbocycles. The second-order valence-electron chi connectivity index (χ2n) is 10.6. The Morgan fingerprint density at radius 2 is 1.87 bits per heavy atom. The van der Waals surface area contributed by atoms with Crippen molar-refractivity contribution in [2.75, 3.05) is 18.0 Å². The van der Waals surface area contributed by atoms with E-state index in [4.69, 9.17) is 4.74 Å². The highest BCUT2D eigenvalue weighted by Crippen LogP contribution is 2.43. The number of carbonyl (C=O) groups is 2. The number of hydrogen-bond acceptors (Lipinski definition) is 5. The largest absolute Gasteiger partial charge is 0.458 e. The minimum absolute atomic E-state index is 0.0152. The zero-order chi connectivity index (χ0) is 27.8. The number of amides is 1. The molecule has 1 N–H and O–H groups in total. The highest BCUT2D eigenvalue weighted by Gasteiger charge is 2.55. The Hall–Kier alpha value is -2.89. The van der Waals surface area contributed by atoms with Crippen LogP contribution in [0.2, 0.25) is 0 Å². The molecule has 1 amide bonds. The molecule has 3 aromatic rings. The van der Waals surface area contributed by atoms with Gasteiger partial charge in [0.2, 0.25) is 11.6 Å². The Labute approximate surface area is 238 Å². The predicted octanol–water partition coefficient (Wildman–Crippen LogP) is 5.91. The molecule has 2 heterocycles. The Bertz CT molecular complexity index is 1360. The zero-order valence-corrected chi connectivity index (χ0v) is 23.5. The lowest BCUT2D eigenvalue weighted by molar-refractivity contribution is -0.171. The fraction of sp³-hybridized carbons (Fsp3) is 0.414. The number of halogens is 4. The molecule has 1 saturated heterocycles. The number of aromatic nitrogens is 1. The summed E-state index contributed by atoms with van der Waals surface area (Å²) in [5.74, 6) is -1.62. The number of rotatable bonds is 7. The fourth-order valence-electron chi connectivity index (χ4n) is 5.56. The average Bonchev–Trinajstić information content (AvgIpc) is 2.88. The molecular formula is C29H29F3IN3O3. The van der Waals surface area contributed by atoms with E-state index in [1.807, 2.05) is 18.2 Å². The van der Waals surface area contributed by atoms with Gasteiger partial charge in [-0.2, -0.15) is 8.78 Å². The number of carbonyl (C=O) groups excluding carboxylic acids is 2. The molecule has 2 aliphatic rings. The van der Waals surface area contributed by atoms with Crippen LogP contribution in [0, 0.1) is 11.8 Å². The summed E-state index contributed by atoms with van der Waals surface area (Å²) >= 11 is 1.11. The summed E-state index contributed by atoms with van der Waals surface area (Å²) in [5.41, 5.74) is -0.501. The topological polar surface area (TPSA) is 71.5 Å². The first-order chi connectivity index (χ1) is 18.5. The maximum Gasteiger partial charge on any atom is 0.344 e. The van der Waals surface area contributed by atoms with E-state index in [1.54, 1.807) is 30.3 Å². The van der Waals surface area contributed by atoms with Crippen molar-refractivity contribution in [3.8, 4) is 0 Å². The zero-order valence-electron chi connectivity index (χ0n) is 21.4. The molecule has 1 aromatic heterocycles. The summed E-state index contributed by atoms with van der Waals surface area (Å²) in [6.07, 6.45) is 1.82. The van der Waals surface area contributed by atoms with Gasteiger partial charge in [-0.25, -0.2) is 9.18 Å². The van der Waals surface area contributed by atoms with Crippen LogP contribution in [0.4, 0.5) is 18.9 Å². The van der Waals surface area contributed by atoms with Crippen molar-refractivity contribution in [3.05, 3.63) is 71.9 Å². The third-order valence-electron chi connectivity index (χ3n) is 7.49. The number of nitrogens with one attached hydrogen (secondary N) is 1. The van der Waals surface area contributed by atoms with E-state index in [0.717, 1.165) is 40.3 Å². The summed E-state index contributed by atoms with van der Waals surface area (Å²) in [7, 11) is 0. The Balaban J connectivity index is 1.21. The number of piperidine rings is 1. The number of hydrogen-bond donors (Lipinski definition) is 1. The van der Waals surface area contributed by atoms with E-state index in [2.05, 4.69) is 22.1 Å². The van der Waals surface area contributed by atoms with Crippen molar-refractivity contribution in [1.29, 1.82) is 0 Å². The first-order valence-corrected chi connectivity index (χ1v) is 14.0. The minimum Gasteiger partial charge on any atom is -0.458 e. The number of nitrogens with zero attached hydrogens (tertiary/aromatic N) is 2. The molecule has 2 aromatic carbocycles. The average molecular weight is 651 g/mol. The summed E-state index contributed by atoms with van der Waals surface area (Å²) in [6.45, 7) is 3.23. The van der Waals surface area contributed by atoms with Crippen LogP contribution in [0.1, 0.15) is 37.3 Å². The Morgan fingerprint density at radius 1 is 1.13 bits per heavy atom. The number of esters is 1. The molecule has 0 unspecified atom stereocenters. The number of pyridine rings is 1. The monoisotopic (exact) mass is 651 g/mol. The molecule has 5 rings (SSSR count). The normalized spacial score (nSPS) is 25.2. The van der Waals surface area contributed by atoms with Crippen LogP contribution >= 0.6 is 22.6 Å². The van der Waals surface area contributed by atoms with Gasteiger partial charge >= 0.3 is 9.90 Å². The molecule has 39 heavy (non-hydrogen) atoms. The molecule has 2 atom stereocenters. The maximum absolute atomic E-state index is 15.1. The fourth-order valence-corrected chi connectivity index (χ4v) is 6.00. The lowest BCUT2D eigenvalue weighted by Crippen LogP contribution is -2.56. The molecule has 0 spiro atoms. The quantitative estimate of drug-likeness (QED) is 0.196. The minimum atomic E-state index is -3.06. The summed E-state index contributed by atoms with van der Waals surface area (Å²) in [4.78, 5) is 31.6. The van der Waals surface area contributed by atoms with E-state index in [-0.39, 0.29) is 48.4 Å². The van der Waals surface area contributed by atoms with Crippen LogP contribution in [0.5, 0.6) is 0 Å². The summed E-state index contributed by atoms with van der Waals surface area (Å²) < 4.78 is 45.6. The van der Waals surface area contributed by atoms with E-state index < -0.39 is 21.5 Å². The van der Waals surface area contributed by atoms with Crippen molar-refractivity contribution in [1.82, 2.24) is 10.3 Å². The van der Waals surface area contributed by atoms with Gasteiger partial charge in [0.1, 0.15) is 6.61 Å². The number of alkyl halides is 4. The number of anilines is 1. The van der Waals surface area contributed by atoms with E-state index in [9.17, 15) is 18.4 Å². The molecule has 1 aliphatic heterocycles. The van der Waals surface area contributed by atoms with Crippen LogP contribution in [0.15, 0.2) is 60.8 Å². The number of ether oxygens (including phenoxy) is 1. The van der Waals surface area contributed by atoms with Crippen LogP contribution < -0.4 is 10.2 Å². The van der Waals surface area contributed by atoms with Gasteiger partial charge in [-0.05, 0) is 42.2 Å². The van der Waals surface area contributed by atoms with Gasteiger partial charge < -0.3 is 15.0 Å². The SMILES string of the molecule is C[C@H]1C[C@@H](NC(=O)C2CC(F)(C(=O)OCc3ccccc3)C2)CN(c2ccc(C(F)(F)I)c3ncccc23)C1. The molecule has 2 fully saturated rings. The lowest BCUT2D eigenvalue weighted by atomic mass is 9.71. The van der Waals surface area contributed by atoms with Gasteiger partial charge in [-0.1, -0.05) is 37.3 Å². The molecule has 6 nitrogen and oxygen atoms in total. The van der Waals surface area contributed by atoms with Gasteiger partial charge in [0.25, 0.3) is 0 Å². The second kappa shape index (κ2) is 10.9. The summed E-state index contributed by atoms with van der Waals surface area (Å²) in [5, 5.41) is 3.66. The lowest BCUT2D eigenvalue weighted by Gasteiger charge is -2.41. The van der Waals surface area contributed by atoms with Gasteiger partial charge in [0.05, 0.1) is 11.1 Å². The Kier molecular flexibility index (Phi) is 7.76. The highest BCUT2D eigenvalue weighted by molar-refractivity contribution is 14.1. The van der Waals surface area contributed by atoms with Crippen LogP contribution in [0.3, 0.4) is 0 Å². The van der Waals surface area contributed by atoms with Crippen LogP contribution in [-0.2, 0) is 24.9 Å². The van der Waals surface area contributed by atoms with Crippen molar-refractivity contribution in [2.24, 2.45) is 11.8 Å². The van der Waals surface area contributed by atoms with Crippen molar-refractivity contribution >= 4 is 51.1 Å². The predicted molar refractivity (Wildman–Crippen MR) is 150 cm³/mol. The summed E-state index contributed by atoms with van der Waals surface area (Å²) in [6, 6.07) is 15.4. The molecule has 10 heteroatoms. The molecule has 1 saturated carbocycles. The van der Waals surface area contributed by atoms with Gasteiger partial charge in [-0.3, -0.25) is 9.78 Å². The molecule has 206 valence electrons. The standard InChI is InChI=1S/C29H29F3IN3O3/c1-18-12-21(16-36(15-18)24-10-9-23(29(31,32)33)25-22(24)8-5-11-34-25)35-26(37)20-13-28(30,14-20)27(38)39-17-19-6-3-2-4-7-19/h2-11,18,20-21H,12-17H2,1H3,(H,35,37)/t18-,20?,21+,28?/m0/s1.